The van der Waals surface area contributed by atoms with Crippen LogP contribution in [0.3, 0.4) is 0 Å². The Labute approximate surface area is 149 Å². The molecule has 1 N–H and O–H groups in total. The minimum Gasteiger partial charge on any atom is -0.464 e. The van der Waals surface area contributed by atoms with Gasteiger partial charge in [-0.3, -0.25) is 5.32 Å². The second kappa shape index (κ2) is 9.92. The van der Waals surface area contributed by atoms with Crippen LogP contribution < -0.4 is 5.32 Å². The maximum atomic E-state index is 11.9. The molecule has 0 unspecified atom stereocenters. The van der Waals surface area contributed by atoms with Gasteiger partial charge in [-0.1, -0.05) is 18.5 Å². The SMILES string of the molecule is CCCCOC(=O)Nc1nc(/C(=N\OC2CCCC2)C(=O)OC)ns1. The Balaban J connectivity index is 2.00. The van der Waals surface area contributed by atoms with Gasteiger partial charge in [0.2, 0.25) is 16.7 Å². The molecule has 1 heterocycles. The number of rotatable bonds is 8. The number of methoxy groups -OCH3 is 1. The van der Waals surface area contributed by atoms with Gasteiger partial charge >= 0.3 is 12.1 Å². The topological polar surface area (TPSA) is 112 Å². The van der Waals surface area contributed by atoms with Crippen molar-refractivity contribution in [1.29, 1.82) is 0 Å². The maximum Gasteiger partial charge on any atom is 0.413 e. The molecule has 1 aliphatic carbocycles. The molecule has 1 fully saturated rings. The van der Waals surface area contributed by atoms with Crippen molar-refractivity contribution >= 4 is 34.4 Å². The number of unbranched alkanes of at least 4 members (excludes halogenated alkanes) is 1. The monoisotopic (exact) mass is 370 g/mol. The zero-order valence-electron chi connectivity index (χ0n) is 14.3. The zero-order valence-corrected chi connectivity index (χ0v) is 15.1. The number of esters is 1. The molecule has 9 nitrogen and oxygen atoms in total. The average Bonchev–Trinajstić information content (AvgIpc) is 3.27. The summed E-state index contributed by atoms with van der Waals surface area (Å²) in [6.45, 7) is 2.33. The van der Waals surface area contributed by atoms with E-state index in [0.29, 0.717) is 6.61 Å². The van der Waals surface area contributed by atoms with Gasteiger partial charge in [0.25, 0.3) is 0 Å². The highest BCUT2D eigenvalue weighted by Gasteiger charge is 2.24. The van der Waals surface area contributed by atoms with Crippen molar-refractivity contribution < 1.29 is 23.9 Å². The number of oxime groups is 1. The van der Waals surface area contributed by atoms with Gasteiger partial charge in [0.15, 0.2) is 0 Å². The highest BCUT2D eigenvalue weighted by molar-refractivity contribution is 7.10. The third-order valence-corrected chi connectivity index (χ3v) is 4.18. The predicted molar refractivity (Wildman–Crippen MR) is 91.7 cm³/mol. The minimum absolute atomic E-state index is 0.00979. The number of carbonyl (C=O) groups excluding carboxylic acids is 2. The summed E-state index contributed by atoms with van der Waals surface area (Å²) in [7, 11) is 1.24. The molecule has 0 spiro atoms. The number of hydrogen-bond donors (Lipinski definition) is 1. The summed E-state index contributed by atoms with van der Waals surface area (Å²) in [5, 5.41) is 6.55. The molecule has 0 saturated heterocycles. The lowest BCUT2D eigenvalue weighted by molar-refractivity contribution is -0.132. The van der Waals surface area contributed by atoms with E-state index in [2.05, 4.69) is 19.8 Å². The number of hydrogen-bond acceptors (Lipinski definition) is 9. The first-order valence-electron chi connectivity index (χ1n) is 8.24. The molecule has 25 heavy (non-hydrogen) atoms. The van der Waals surface area contributed by atoms with Gasteiger partial charge in [-0.2, -0.15) is 9.36 Å². The summed E-state index contributed by atoms with van der Waals surface area (Å²) >= 11 is 0.914. The average molecular weight is 370 g/mol. The van der Waals surface area contributed by atoms with Crippen LogP contribution in [0.5, 0.6) is 0 Å². The fraction of sp³-hybridized carbons (Fsp3) is 0.667. The van der Waals surface area contributed by atoms with Crippen molar-refractivity contribution in [2.24, 2.45) is 5.16 Å². The molecular formula is C15H22N4O5S. The van der Waals surface area contributed by atoms with Crippen molar-refractivity contribution in [2.45, 2.75) is 51.6 Å². The molecule has 0 bridgehead atoms. The van der Waals surface area contributed by atoms with Gasteiger partial charge in [0.05, 0.1) is 13.7 Å². The molecule has 1 aromatic heterocycles. The molecule has 0 radical (unpaired) electrons. The van der Waals surface area contributed by atoms with E-state index in [4.69, 9.17) is 14.3 Å². The van der Waals surface area contributed by atoms with E-state index >= 15 is 0 Å². The summed E-state index contributed by atoms with van der Waals surface area (Å²) in [6.07, 6.45) is 5.05. The molecule has 0 atom stereocenters. The highest BCUT2D eigenvalue weighted by atomic mass is 32.1. The van der Waals surface area contributed by atoms with E-state index in [1.165, 1.54) is 7.11 Å². The van der Waals surface area contributed by atoms with E-state index in [1.807, 2.05) is 6.92 Å². The number of nitrogens with zero attached hydrogens (tertiary/aromatic N) is 3. The number of aromatic nitrogens is 2. The minimum atomic E-state index is -0.701. The second-order valence-corrected chi connectivity index (χ2v) is 6.23. The molecule has 1 aromatic rings. The van der Waals surface area contributed by atoms with Crippen molar-refractivity contribution in [3.8, 4) is 0 Å². The lowest BCUT2D eigenvalue weighted by Gasteiger charge is -2.07. The summed E-state index contributed by atoms with van der Waals surface area (Å²) < 4.78 is 13.7. The van der Waals surface area contributed by atoms with Gasteiger partial charge in [-0.25, -0.2) is 9.59 Å². The lowest BCUT2D eigenvalue weighted by atomic mass is 10.3. The van der Waals surface area contributed by atoms with E-state index in [0.717, 1.165) is 50.1 Å². The first kappa shape index (κ1) is 19.1. The van der Waals surface area contributed by atoms with Crippen LogP contribution >= 0.6 is 11.5 Å². The highest BCUT2D eigenvalue weighted by Crippen LogP contribution is 2.21. The van der Waals surface area contributed by atoms with Crippen LogP contribution in [-0.4, -0.2) is 47.0 Å². The predicted octanol–water partition coefficient (Wildman–Crippen LogP) is 2.72. The first-order valence-corrected chi connectivity index (χ1v) is 9.01. The van der Waals surface area contributed by atoms with Gasteiger partial charge < -0.3 is 14.3 Å². The molecule has 1 saturated carbocycles. The molecule has 10 heteroatoms. The van der Waals surface area contributed by atoms with Crippen LogP contribution in [0.25, 0.3) is 0 Å². The Morgan fingerprint density at radius 2 is 2.12 bits per heavy atom. The Kier molecular flexibility index (Phi) is 7.58. The van der Waals surface area contributed by atoms with E-state index in [-0.39, 0.29) is 22.8 Å². The number of carbonyl (C=O) groups is 2. The summed E-state index contributed by atoms with van der Waals surface area (Å²) in [4.78, 5) is 33.0. The Morgan fingerprint density at radius 1 is 1.36 bits per heavy atom. The number of ether oxygens (including phenoxy) is 2. The summed E-state index contributed by atoms with van der Waals surface area (Å²) in [5.41, 5.74) is -0.127. The number of amides is 1. The summed E-state index contributed by atoms with van der Waals surface area (Å²) in [5.74, 6) is -0.661. The van der Waals surface area contributed by atoms with Crippen LogP contribution in [0.2, 0.25) is 0 Å². The summed E-state index contributed by atoms with van der Waals surface area (Å²) in [6, 6.07) is 0. The Morgan fingerprint density at radius 3 is 2.80 bits per heavy atom. The largest absolute Gasteiger partial charge is 0.464 e. The van der Waals surface area contributed by atoms with E-state index in [1.54, 1.807) is 0 Å². The van der Waals surface area contributed by atoms with Crippen LogP contribution in [0.1, 0.15) is 51.3 Å². The molecule has 138 valence electrons. The smallest absolute Gasteiger partial charge is 0.413 e. The zero-order chi connectivity index (χ0) is 18.1. The van der Waals surface area contributed by atoms with Crippen molar-refractivity contribution in [3.05, 3.63) is 5.82 Å². The standard InChI is InChI=1S/C15H22N4O5S/c1-3-4-9-23-15(21)17-14-16-12(19-25-14)11(13(20)22-2)18-24-10-7-5-6-8-10/h10H,3-9H2,1-2H3,(H,16,17,19,21)/b18-11+. The number of nitrogens with one attached hydrogen (secondary N) is 1. The quantitative estimate of drug-likeness (QED) is 0.324. The van der Waals surface area contributed by atoms with Crippen molar-refractivity contribution in [3.63, 3.8) is 0 Å². The first-order chi connectivity index (χ1) is 12.1. The van der Waals surface area contributed by atoms with Gasteiger partial charge in [0, 0.05) is 11.5 Å². The normalized spacial score (nSPS) is 15.0. The second-order valence-electron chi connectivity index (χ2n) is 5.48. The van der Waals surface area contributed by atoms with Gasteiger partial charge in [-0.15, -0.1) is 0 Å². The lowest BCUT2D eigenvalue weighted by Crippen LogP contribution is -2.20. The van der Waals surface area contributed by atoms with Crippen molar-refractivity contribution in [1.82, 2.24) is 9.36 Å². The fourth-order valence-corrected chi connectivity index (χ4v) is 2.75. The molecule has 1 aliphatic rings. The van der Waals surface area contributed by atoms with Gasteiger partial charge in [-0.05, 0) is 32.1 Å². The molecule has 1 amide bonds. The van der Waals surface area contributed by atoms with E-state index < -0.39 is 12.1 Å². The van der Waals surface area contributed by atoms with Gasteiger partial charge in [0.1, 0.15) is 6.10 Å². The Hall–Kier alpha value is -2.23. The van der Waals surface area contributed by atoms with E-state index in [9.17, 15) is 9.59 Å². The third-order valence-electron chi connectivity index (χ3n) is 3.55. The molecule has 0 aliphatic heterocycles. The molecule has 0 aromatic carbocycles. The molecular weight excluding hydrogens is 348 g/mol. The van der Waals surface area contributed by atoms with Crippen LogP contribution in [0.15, 0.2) is 5.16 Å². The van der Waals surface area contributed by atoms with Crippen LogP contribution in [-0.2, 0) is 19.1 Å². The Bertz CT molecular complexity index is 613. The van der Waals surface area contributed by atoms with Crippen molar-refractivity contribution in [2.75, 3.05) is 19.0 Å². The third kappa shape index (κ3) is 5.96. The maximum absolute atomic E-state index is 11.9. The fourth-order valence-electron chi connectivity index (χ4n) is 2.19. The number of anilines is 1. The molecule has 2 rings (SSSR count). The van der Waals surface area contributed by atoms with Crippen LogP contribution in [0.4, 0.5) is 9.93 Å². The van der Waals surface area contributed by atoms with Crippen LogP contribution in [0, 0.1) is 0 Å².